The predicted octanol–water partition coefficient (Wildman–Crippen LogP) is 3.44. The second-order valence-electron chi connectivity index (χ2n) is 4.54. The Labute approximate surface area is 129 Å². The van der Waals surface area contributed by atoms with Gasteiger partial charge in [-0.2, -0.15) is 0 Å². The molecule has 0 bridgehead atoms. The van der Waals surface area contributed by atoms with Crippen LogP contribution in [0, 0.1) is 0 Å². The molecule has 1 heterocycles. The molecule has 0 aromatic heterocycles. The average molecular weight is 308 g/mol. The Hall–Kier alpha value is -1.71. The zero-order valence-corrected chi connectivity index (χ0v) is 12.3. The lowest BCUT2D eigenvalue weighted by Crippen LogP contribution is -2.33. The van der Waals surface area contributed by atoms with Crippen molar-refractivity contribution < 1.29 is 0 Å². The summed E-state index contributed by atoms with van der Waals surface area (Å²) in [7, 11) is 0. The second-order valence-corrected chi connectivity index (χ2v) is 4.98. The van der Waals surface area contributed by atoms with Gasteiger partial charge in [-0.3, -0.25) is 0 Å². The summed E-state index contributed by atoms with van der Waals surface area (Å²) in [6, 6.07) is 16.0. The maximum Gasteiger partial charge on any atom is 0.193 e. The Morgan fingerprint density at radius 1 is 1.10 bits per heavy atom. The number of benzene rings is 2. The zero-order chi connectivity index (χ0) is 13.2. The Morgan fingerprint density at radius 2 is 1.80 bits per heavy atom. The van der Waals surface area contributed by atoms with Crippen molar-refractivity contribution in [2.75, 3.05) is 6.54 Å². The number of aliphatic imine (C=N–C) groups is 1. The van der Waals surface area contributed by atoms with Gasteiger partial charge in [-0.25, -0.2) is 4.99 Å². The molecule has 3 nitrogen and oxygen atoms in total. The highest BCUT2D eigenvalue weighted by molar-refractivity contribution is 6.30. The molecule has 0 saturated carbocycles. The van der Waals surface area contributed by atoms with Gasteiger partial charge in [-0.15, -0.1) is 12.4 Å². The van der Waals surface area contributed by atoms with Crippen molar-refractivity contribution in [3.63, 3.8) is 0 Å². The quantitative estimate of drug-likeness (QED) is 0.848. The van der Waals surface area contributed by atoms with Crippen LogP contribution in [0.2, 0.25) is 5.02 Å². The van der Waals surface area contributed by atoms with Crippen LogP contribution in [-0.4, -0.2) is 12.5 Å². The summed E-state index contributed by atoms with van der Waals surface area (Å²) < 4.78 is 0. The number of guanidine groups is 1. The summed E-state index contributed by atoms with van der Waals surface area (Å²) in [5, 5.41) is 3.89. The van der Waals surface area contributed by atoms with E-state index in [4.69, 9.17) is 17.3 Å². The molecule has 0 saturated heterocycles. The second kappa shape index (κ2) is 6.16. The molecule has 104 valence electrons. The number of para-hydroxylation sites is 1. The summed E-state index contributed by atoms with van der Waals surface area (Å²) in [4.78, 5) is 4.39. The van der Waals surface area contributed by atoms with Gasteiger partial charge in [0.2, 0.25) is 0 Å². The zero-order valence-electron chi connectivity index (χ0n) is 10.7. The van der Waals surface area contributed by atoms with Crippen LogP contribution in [0.4, 0.5) is 5.69 Å². The molecule has 2 aromatic carbocycles. The van der Waals surface area contributed by atoms with Crippen molar-refractivity contribution in [1.29, 1.82) is 0 Å². The lowest BCUT2D eigenvalue weighted by atomic mass is 9.90. The van der Waals surface area contributed by atoms with E-state index >= 15 is 0 Å². The topological polar surface area (TPSA) is 50.4 Å². The van der Waals surface area contributed by atoms with Gasteiger partial charge in [0.05, 0.1) is 5.69 Å². The minimum absolute atomic E-state index is 0. The fourth-order valence-electron chi connectivity index (χ4n) is 2.36. The SMILES string of the molecule is Cl.NC1=Nc2ccccc2C(c2ccc(Cl)cc2)CN1. The minimum Gasteiger partial charge on any atom is -0.370 e. The molecule has 3 rings (SSSR count). The summed E-state index contributed by atoms with van der Waals surface area (Å²) in [5.74, 6) is 0.683. The van der Waals surface area contributed by atoms with Crippen molar-refractivity contribution in [1.82, 2.24) is 5.32 Å². The highest BCUT2D eigenvalue weighted by Gasteiger charge is 2.20. The largest absolute Gasteiger partial charge is 0.370 e. The Kier molecular flexibility index (Phi) is 4.53. The minimum atomic E-state index is 0. The number of nitrogens with zero attached hydrogens (tertiary/aromatic N) is 1. The molecule has 2 aromatic rings. The molecule has 0 radical (unpaired) electrons. The van der Waals surface area contributed by atoms with Crippen LogP contribution < -0.4 is 11.1 Å². The summed E-state index contributed by atoms with van der Waals surface area (Å²) in [6.45, 7) is 0.730. The van der Waals surface area contributed by atoms with Gasteiger partial charge in [0.1, 0.15) is 0 Å². The van der Waals surface area contributed by atoms with Gasteiger partial charge in [-0.1, -0.05) is 41.9 Å². The first-order valence-corrected chi connectivity index (χ1v) is 6.54. The van der Waals surface area contributed by atoms with Crippen LogP contribution in [0.15, 0.2) is 53.5 Å². The number of rotatable bonds is 1. The van der Waals surface area contributed by atoms with Gasteiger partial charge < -0.3 is 11.1 Å². The third kappa shape index (κ3) is 2.89. The average Bonchev–Trinajstić information content (AvgIpc) is 2.58. The molecule has 0 spiro atoms. The van der Waals surface area contributed by atoms with E-state index in [2.05, 4.69) is 16.4 Å². The summed E-state index contributed by atoms with van der Waals surface area (Å²) in [5.41, 5.74) is 9.13. The first-order chi connectivity index (χ1) is 9.24. The van der Waals surface area contributed by atoms with E-state index in [0.717, 1.165) is 17.3 Å². The van der Waals surface area contributed by atoms with Gasteiger partial charge in [0.15, 0.2) is 5.96 Å². The highest BCUT2D eigenvalue weighted by atomic mass is 35.5. The molecule has 0 amide bonds. The van der Waals surface area contributed by atoms with Crippen LogP contribution in [0.3, 0.4) is 0 Å². The lowest BCUT2D eigenvalue weighted by Gasteiger charge is -2.17. The van der Waals surface area contributed by atoms with E-state index in [9.17, 15) is 0 Å². The number of halogens is 2. The molecule has 1 atom stereocenters. The first kappa shape index (κ1) is 14.7. The van der Waals surface area contributed by atoms with Crippen LogP contribution in [0.1, 0.15) is 17.0 Å². The van der Waals surface area contributed by atoms with Gasteiger partial charge in [-0.05, 0) is 29.3 Å². The van der Waals surface area contributed by atoms with Crippen molar-refractivity contribution in [2.24, 2.45) is 10.7 Å². The van der Waals surface area contributed by atoms with E-state index in [1.54, 1.807) is 0 Å². The maximum atomic E-state index is 5.95. The molecule has 5 heteroatoms. The Morgan fingerprint density at radius 3 is 2.55 bits per heavy atom. The molecule has 1 aliphatic heterocycles. The van der Waals surface area contributed by atoms with Gasteiger partial charge in [0, 0.05) is 17.5 Å². The van der Waals surface area contributed by atoms with E-state index in [-0.39, 0.29) is 18.3 Å². The molecule has 0 aliphatic carbocycles. The van der Waals surface area contributed by atoms with Gasteiger partial charge >= 0.3 is 0 Å². The molecule has 0 fully saturated rings. The van der Waals surface area contributed by atoms with E-state index in [1.807, 2.05) is 42.5 Å². The smallest absolute Gasteiger partial charge is 0.193 e. The van der Waals surface area contributed by atoms with Crippen LogP contribution in [-0.2, 0) is 0 Å². The van der Waals surface area contributed by atoms with E-state index in [0.29, 0.717) is 5.96 Å². The number of nitrogens with two attached hydrogens (primary N) is 1. The van der Waals surface area contributed by atoms with Gasteiger partial charge in [0.25, 0.3) is 0 Å². The number of hydrogen-bond donors (Lipinski definition) is 2. The summed E-state index contributed by atoms with van der Waals surface area (Å²) in [6.07, 6.45) is 0. The fraction of sp³-hybridized carbons (Fsp3) is 0.133. The maximum absolute atomic E-state index is 5.95. The van der Waals surface area contributed by atoms with Crippen LogP contribution in [0.5, 0.6) is 0 Å². The number of hydrogen-bond acceptors (Lipinski definition) is 3. The summed E-state index contributed by atoms with van der Waals surface area (Å²) >= 11 is 5.95. The molecular weight excluding hydrogens is 293 g/mol. The van der Waals surface area contributed by atoms with Crippen molar-refractivity contribution in [3.05, 3.63) is 64.7 Å². The number of fused-ring (bicyclic) bond motifs is 1. The molecule has 1 unspecified atom stereocenters. The molecule has 3 N–H and O–H groups in total. The van der Waals surface area contributed by atoms with Crippen molar-refractivity contribution in [2.45, 2.75) is 5.92 Å². The number of nitrogens with one attached hydrogen (secondary N) is 1. The van der Waals surface area contributed by atoms with Crippen LogP contribution in [0.25, 0.3) is 0 Å². The third-order valence-electron chi connectivity index (χ3n) is 3.31. The molecular formula is C15H15Cl2N3. The molecule has 20 heavy (non-hydrogen) atoms. The highest BCUT2D eigenvalue weighted by Crippen LogP contribution is 2.33. The standard InChI is InChI=1S/C15H14ClN3.ClH/c16-11-7-5-10(6-8-11)13-9-18-15(17)19-14-4-2-1-3-12(13)14;/h1-8,13H,9H2,(H3,17,18,19);1H. The monoisotopic (exact) mass is 307 g/mol. The molecule has 1 aliphatic rings. The first-order valence-electron chi connectivity index (χ1n) is 6.16. The Bertz CT molecular complexity index is 623. The Balaban J connectivity index is 0.00000147. The fourth-order valence-corrected chi connectivity index (χ4v) is 2.49. The van der Waals surface area contributed by atoms with Crippen molar-refractivity contribution in [3.8, 4) is 0 Å². The van der Waals surface area contributed by atoms with Crippen LogP contribution >= 0.6 is 24.0 Å². The normalized spacial score (nSPS) is 17.1. The predicted molar refractivity (Wildman–Crippen MR) is 86.3 cm³/mol. The van der Waals surface area contributed by atoms with Crippen molar-refractivity contribution >= 4 is 35.7 Å². The van der Waals surface area contributed by atoms with E-state index in [1.165, 1.54) is 11.1 Å². The van der Waals surface area contributed by atoms with E-state index < -0.39 is 0 Å². The third-order valence-corrected chi connectivity index (χ3v) is 3.56. The lowest BCUT2D eigenvalue weighted by molar-refractivity contribution is 0.764.